The number of unbranched alkanes of at least 4 members (excludes halogenated alkanes) is 27. The van der Waals surface area contributed by atoms with Crippen molar-refractivity contribution in [3.8, 4) is 0 Å². The van der Waals surface area contributed by atoms with Gasteiger partial charge in [0.15, 0.2) is 0 Å². The zero-order chi connectivity index (χ0) is 41.7. The number of aliphatic hydroxyl groups excluding tert-OH is 2. The number of rotatable bonds is 44. The lowest BCUT2D eigenvalue weighted by molar-refractivity contribution is -0.151. The van der Waals surface area contributed by atoms with Gasteiger partial charge in [-0.1, -0.05) is 198 Å². The summed E-state index contributed by atoms with van der Waals surface area (Å²) in [6.45, 7) is 6.42. The molecule has 6 nitrogen and oxygen atoms in total. The number of allylic oxidation sites excluding steroid dienone is 6. The predicted molar refractivity (Wildman–Crippen MR) is 246 cm³/mol. The van der Waals surface area contributed by atoms with Gasteiger partial charge < -0.3 is 20.3 Å². The Kier molecular flexibility index (Phi) is 43.6. The van der Waals surface area contributed by atoms with Gasteiger partial charge in [0, 0.05) is 6.42 Å². The highest BCUT2D eigenvalue weighted by molar-refractivity contribution is 5.77. The van der Waals surface area contributed by atoms with Gasteiger partial charge in [-0.2, -0.15) is 0 Å². The first-order valence-electron chi connectivity index (χ1n) is 24.7. The molecular formula is C51H95NO5. The van der Waals surface area contributed by atoms with Crippen molar-refractivity contribution in [2.24, 2.45) is 0 Å². The summed E-state index contributed by atoms with van der Waals surface area (Å²) in [6.07, 6.45) is 52.0. The van der Waals surface area contributed by atoms with E-state index < -0.39 is 18.2 Å². The molecule has 57 heavy (non-hydrogen) atoms. The Balaban J connectivity index is 4.61. The number of hydrogen-bond donors (Lipinski definition) is 3. The molecule has 3 N–H and O–H groups in total. The van der Waals surface area contributed by atoms with Crippen LogP contribution in [0.5, 0.6) is 0 Å². The van der Waals surface area contributed by atoms with Crippen molar-refractivity contribution < 1.29 is 24.5 Å². The third-order valence-electron chi connectivity index (χ3n) is 11.2. The van der Waals surface area contributed by atoms with E-state index in [2.05, 4.69) is 62.5 Å². The molecule has 0 aliphatic heterocycles. The highest BCUT2D eigenvalue weighted by Crippen LogP contribution is 2.17. The first kappa shape index (κ1) is 55.1. The molecule has 0 aromatic heterocycles. The van der Waals surface area contributed by atoms with Crippen LogP contribution < -0.4 is 5.32 Å². The average Bonchev–Trinajstić information content (AvgIpc) is 3.20. The molecule has 0 rings (SSSR count). The van der Waals surface area contributed by atoms with Gasteiger partial charge in [-0.3, -0.25) is 9.59 Å². The normalized spacial score (nSPS) is 13.6. The van der Waals surface area contributed by atoms with Crippen LogP contribution >= 0.6 is 0 Å². The van der Waals surface area contributed by atoms with Crippen LogP contribution in [-0.2, 0) is 14.3 Å². The van der Waals surface area contributed by atoms with Crippen LogP contribution in [0, 0.1) is 0 Å². The molecule has 0 radical (unpaired) electrons. The molecule has 1 amide bonds. The quantitative estimate of drug-likeness (QED) is 0.0247. The lowest BCUT2D eigenvalue weighted by Crippen LogP contribution is -2.46. The highest BCUT2D eigenvalue weighted by Gasteiger charge is 2.24. The van der Waals surface area contributed by atoms with E-state index in [9.17, 15) is 19.8 Å². The minimum absolute atomic E-state index is 0.0625. The van der Waals surface area contributed by atoms with Crippen molar-refractivity contribution in [3.05, 3.63) is 36.5 Å². The van der Waals surface area contributed by atoms with Crippen LogP contribution in [0.15, 0.2) is 36.5 Å². The molecule has 0 saturated carbocycles. The fraction of sp³-hybridized carbons (Fsp3) is 0.843. The van der Waals surface area contributed by atoms with E-state index in [0.29, 0.717) is 19.3 Å². The first-order chi connectivity index (χ1) is 28.0. The van der Waals surface area contributed by atoms with E-state index in [1.807, 2.05) is 0 Å². The van der Waals surface area contributed by atoms with Crippen molar-refractivity contribution in [2.75, 3.05) is 6.61 Å². The molecule has 0 heterocycles. The molecule has 0 aliphatic rings. The summed E-state index contributed by atoms with van der Waals surface area (Å²) in [5, 5.41) is 23.7. The third-order valence-corrected chi connectivity index (χ3v) is 11.2. The SMILES string of the molecule is CCCCC/C=C\CCCCCCCC(=O)OC(CCCCCC/C=C/C=C/CCCCC)CC(=O)NC(CO)C(O)CCCCCCCCCCCCCCC. The minimum atomic E-state index is -0.792. The second-order valence-electron chi connectivity index (χ2n) is 16.9. The van der Waals surface area contributed by atoms with Crippen molar-refractivity contribution in [1.29, 1.82) is 0 Å². The summed E-state index contributed by atoms with van der Waals surface area (Å²) < 4.78 is 5.90. The van der Waals surface area contributed by atoms with Crippen LogP contribution in [0.1, 0.15) is 252 Å². The Bertz CT molecular complexity index is 946. The van der Waals surface area contributed by atoms with E-state index in [1.165, 1.54) is 122 Å². The zero-order valence-corrected chi connectivity index (χ0v) is 38.0. The van der Waals surface area contributed by atoms with Gasteiger partial charge in [0.1, 0.15) is 6.10 Å². The van der Waals surface area contributed by atoms with Crippen molar-refractivity contribution >= 4 is 11.9 Å². The third kappa shape index (κ3) is 40.6. The molecule has 0 spiro atoms. The number of ether oxygens (including phenoxy) is 1. The van der Waals surface area contributed by atoms with Crippen molar-refractivity contribution in [2.45, 2.75) is 270 Å². The number of carbonyl (C=O) groups is 2. The summed E-state index contributed by atoms with van der Waals surface area (Å²) in [5.74, 6) is -0.500. The minimum Gasteiger partial charge on any atom is -0.462 e. The maximum absolute atomic E-state index is 13.2. The smallest absolute Gasteiger partial charge is 0.306 e. The zero-order valence-electron chi connectivity index (χ0n) is 38.0. The van der Waals surface area contributed by atoms with Crippen LogP contribution in [-0.4, -0.2) is 46.9 Å². The van der Waals surface area contributed by atoms with Gasteiger partial charge in [0.05, 0.1) is 25.2 Å². The standard InChI is InChI=1S/C51H95NO5/c1-4-7-10-13-16-19-22-25-27-30-33-36-39-42-47(57-51(56)44-41-38-35-32-29-24-21-18-15-12-9-6-3)45-50(55)52-48(46-53)49(54)43-40-37-34-31-28-26-23-20-17-14-11-8-5-2/h16,18-19,21-22,25,47-49,53-54H,4-15,17,20,23-24,26-46H2,1-3H3,(H,52,55)/b19-16+,21-18-,25-22+. The molecule has 0 aromatic rings. The summed E-state index contributed by atoms with van der Waals surface area (Å²) in [5.41, 5.74) is 0. The fourth-order valence-corrected chi connectivity index (χ4v) is 7.42. The van der Waals surface area contributed by atoms with Crippen LogP contribution in [0.2, 0.25) is 0 Å². The second kappa shape index (κ2) is 45.2. The van der Waals surface area contributed by atoms with Gasteiger partial charge in [-0.25, -0.2) is 0 Å². The Labute approximate surface area is 353 Å². The highest BCUT2D eigenvalue weighted by atomic mass is 16.5. The molecule has 3 atom stereocenters. The van der Waals surface area contributed by atoms with Gasteiger partial charge >= 0.3 is 5.97 Å². The molecule has 0 saturated heterocycles. The largest absolute Gasteiger partial charge is 0.462 e. The number of esters is 1. The molecular weight excluding hydrogens is 707 g/mol. The summed E-state index contributed by atoms with van der Waals surface area (Å²) >= 11 is 0. The lowest BCUT2D eigenvalue weighted by Gasteiger charge is -2.24. The number of nitrogens with one attached hydrogen (secondary N) is 1. The fourth-order valence-electron chi connectivity index (χ4n) is 7.42. The van der Waals surface area contributed by atoms with Gasteiger partial charge in [-0.05, 0) is 77.0 Å². The molecule has 334 valence electrons. The Hall–Kier alpha value is -1.92. The first-order valence-corrected chi connectivity index (χ1v) is 24.7. The maximum Gasteiger partial charge on any atom is 0.306 e. The van der Waals surface area contributed by atoms with Crippen molar-refractivity contribution in [1.82, 2.24) is 5.32 Å². The molecule has 6 heteroatoms. The van der Waals surface area contributed by atoms with E-state index in [0.717, 1.165) is 83.5 Å². The second-order valence-corrected chi connectivity index (χ2v) is 16.9. The molecule has 0 fully saturated rings. The molecule has 0 bridgehead atoms. The Morgan fingerprint density at radius 1 is 0.509 bits per heavy atom. The van der Waals surface area contributed by atoms with Gasteiger partial charge in [-0.15, -0.1) is 0 Å². The lowest BCUT2D eigenvalue weighted by atomic mass is 10.0. The summed E-state index contributed by atoms with van der Waals surface area (Å²) in [6, 6.07) is -0.707. The predicted octanol–water partition coefficient (Wildman–Crippen LogP) is 14.5. The van der Waals surface area contributed by atoms with Crippen LogP contribution in [0.4, 0.5) is 0 Å². The van der Waals surface area contributed by atoms with Crippen molar-refractivity contribution in [3.63, 3.8) is 0 Å². The number of aliphatic hydroxyl groups is 2. The Morgan fingerprint density at radius 3 is 1.39 bits per heavy atom. The molecule has 3 unspecified atom stereocenters. The summed E-state index contributed by atoms with van der Waals surface area (Å²) in [4.78, 5) is 26.0. The van der Waals surface area contributed by atoms with Gasteiger partial charge in [0.2, 0.25) is 5.91 Å². The van der Waals surface area contributed by atoms with E-state index in [4.69, 9.17) is 4.74 Å². The van der Waals surface area contributed by atoms with E-state index in [1.54, 1.807) is 0 Å². The van der Waals surface area contributed by atoms with Gasteiger partial charge in [0.25, 0.3) is 0 Å². The maximum atomic E-state index is 13.2. The van der Waals surface area contributed by atoms with E-state index >= 15 is 0 Å². The van der Waals surface area contributed by atoms with Crippen LogP contribution in [0.25, 0.3) is 0 Å². The van der Waals surface area contributed by atoms with E-state index in [-0.39, 0.29) is 24.9 Å². The number of amides is 1. The van der Waals surface area contributed by atoms with Crippen LogP contribution in [0.3, 0.4) is 0 Å². The summed E-state index contributed by atoms with van der Waals surface area (Å²) in [7, 11) is 0. The molecule has 0 aliphatic carbocycles. The Morgan fingerprint density at radius 2 is 0.895 bits per heavy atom. The topological polar surface area (TPSA) is 95.9 Å². The average molecular weight is 802 g/mol. The monoisotopic (exact) mass is 802 g/mol. The number of carbonyl (C=O) groups excluding carboxylic acids is 2. The number of hydrogen-bond acceptors (Lipinski definition) is 5. The molecule has 0 aromatic carbocycles.